The number of nitrogens with one attached hydrogen (secondary N) is 2. The Morgan fingerprint density at radius 2 is 2.00 bits per heavy atom. The molecular weight excluding hydrogens is 440 g/mol. The van der Waals surface area contributed by atoms with Crippen molar-refractivity contribution in [2.45, 2.75) is 48.6 Å². The van der Waals surface area contributed by atoms with Crippen molar-refractivity contribution in [1.82, 2.24) is 10.6 Å². The average molecular weight is 473 g/mol. The number of rotatable bonds is 12. The summed E-state index contributed by atoms with van der Waals surface area (Å²) in [5, 5.41) is 16.0. The van der Waals surface area contributed by atoms with Gasteiger partial charge in [-0.1, -0.05) is 18.2 Å². The molecule has 0 bridgehead atoms. The molecule has 8 heteroatoms. The summed E-state index contributed by atoms with van der Waals surface area (Å²) in [4.78, 5) is 25.6. The highest BCUT2D eigenvalue weighted by Gasteiger charge is 2.37. The zero-order valence-corrected chi connectivity index (χ0v) is 20.0. The molecule has 0 aliphatic carbocycles. The zero-order chi connectivity index (χ0) is 23.7. The second-order valence-electron chi connectivity index (χ2n) is 8.30. The van der Waals surface area contributed by atoms with E-state index in [9.17, 15) is 14.7 Å². The van der Waals surface area contributed by atoms with E-state index in [0.29, 0.717) is 37.2 Å². The Morgan fingerprint density at radius 3 is 2.67 bits per heavy atom. The summed E-state index contributed by atoms with van der Waals surface area (Å²) in [6.45, 7) is 0.151. The van der Waals surface area contributed by atoms with Crippen molar-refractivity contribution in [3.63, 3.8) is 0 Å². The number of thioether (sulfide) groups is 1. The molecule has 1 fully saturated rings. The number of methoxy groups -OCH3 is 1. The summed E-state index contributed by atoms with van der Waals surface area (Å²) in [6, 6.07) is 15.4. The fourth-order valence-corrected chi connectivity index (χ4v) is 4.34. The topological polar surface area (TPSA) is 96.9 Å². The number of benzene rings is 2. The summed E-state index contributed by atoms with van der Waals surface area (Å²) in [5.41, 5.74) is 0.726. The van der Waals surface area contributed by atoms with Gasteiger partial charge in [-0.15, -0.1) is 11.8 Å². The third kappa shape index (κ3) is 7.68. The molecule has 7 nitrogen and oxygen atoms in total. The summed E-state index contributed by atoms with van der Waals surface area (Å²) >= 11 is 1.69. The number of hydrogen-bond acceptors (Lipinski definition) is 6. The molecule has 1 aliphatic rings. The zero-order valence-electron chi connectivity index (χ0n) is 19.1. The molecule has 1 saturated heterocycles. The second kappa shape index (κ2) is 12.0. The standard InChI is InChI=1S/C25H32N2O5S/c1-31-20-4-3-5-21(14-20)32-17-19(28)16-26-23(29)10-12-25(13-11-24(30)27-25)15-18-6-8-22(33-2)9-7-18/h3-9,14,19,28H,10-13,15-17H2,1-2H3,(H,26,29)(H,27,30)/t19-,25-/m1/s1. The summed E-state index contributed by atoms with van der Waals surface area (Å²) in [7, 11) is 1.58. The van der Waals surface area contributed by atoms with Crippen LogP contribution in [0, 0.1) is 0 Å². The summed E-state index contributed by atoms with van der Waals surface area (Å²) < 4.78 is 10.7. The van der Waals surface area contributed by atoms with Crippen molar-refractivity contribution in [2.75, 3.05) is 26.5 Å². The molecule has 2 amide bonds. The SMILES string of the molecule is COc1cccc(OC[C@H](O)CNC(=O)CC[C@]2(Cc3ccc(SC)cc3)CCC(=O)N2)c1. The van der Waals surface area contributed by atoms with E-state index in [2.05, 4.69) is 34.9 Å². The van der Waals surface area contributed by atoms with E-state index in [-0.39, 0.29) is 31.4 Å². The predicted octanol–water partition coefficient (Wildman–Crippen LogP) is 2.94. The fraction of sp³-hybridized carbons (Fsp3) is 0.440. The quantitative estimate of drug-likeness (QED) is 0.411. The van der Waals surface area contributed by atoms with Gasteiger partial charge in [-0.3, -0.25) is 9.59 Å². The van der Waals surface area contributed by atoms with Gasteiger partial charge in [0.05, 0.1) is 7.11 Å². The van der Waals surface area contributed by atoms with E-state index in [1.807, 2.05) is 12.3 Å². The average Bonchev–Trinajstić information content (AvgIpc) is 3.21. The Bertz CT molecular complexity index is 937. The fourth-order valence-electron chi connectivity index (χ4n) is 3.93. The number of amides is 2. The third-order valence-corrected chi connectivity index (χ3v) is 6.53. The predicted molar refractivity (Wildman–Crippen MR) is 129 cm³/mol. The molecule has 1 aliphatic heterocycles. The lowest BCUT2D eigenvalue weighted by Gasteiger charge is -2.29. The van der Waals surface area contributed by atoms with E-state index in [4.69, 9.17) is 9.47 Å². The van der Waals surface area contributed by atoms with Crippen molar-refractivity contribution in [3.8, 4) is 11.5 Å². The second-order valence-corrected chi connectivity index (χ2v) is 9.18. The third-order valence-electron chi connectivity index (χ3n) is 5.79. The number of aliphatic hydroxyl groups is 1. The van der Waals surface area contributed by atoms with E-state index in [1.54, 1.807) is 37.1 Å². The molecule has 0 saturated carbocycles. The van der Waals surface area contributed by atoms with Crippen LogP contribution in [0.2, 0.25) is 0 Å². The van der Waals surface area contributed by atoms with Crippen molar-refractivity contribution < 1.29 is 24.2 Å². The first-order valence-corrected chi connectivity index (χ1v) is 12.3. The van der Waals surface area contributed by atoms with Gasteiger partial charge in [0.1, 0.15) is 24.2 Å². The maximum atomic E-state index is 12.4. The minimum Gasteiger partial charge on any atom is -0.497 e. The lowest BCUT2D eigenvalue weighted by molar-refractivity contribution is -0.123. The number of carbonyl (C=O) groups is 2. The van der Waals surface area contributed by atoms with Crippen LogP contribution in [0.15, 0.2) is 53.4 Å². The molecule has 178 valence electrons. The maximum Gasteiger partial charge on any atom is 0.220 e. The largest absolute Gasteiger partial charge is 0.497 e. The van der Waals surface area contributed by atoms with Gasteiger partial charge in [0, 0.05) is 35.9 Å². The molecule has 1 heterocycles. The number of hydrogen-bond donors (Lipinski definition) is 3. The molecule has 2 aromatic rings. The minimum absolute atomic E-state index is 0.0289. The lowest BCUT2D eigenvalue weighted by atomic mass is 9.85. The van der Waals surface area contributed by atoms with Gasteiger partial charge in [0.2, 0.25) is 11.8 Å². The van der Waals surface area contributed by atoms with Crippen molar-refractivity contribution in [1.29, 1.82) is 0 Å². The van der Waals surface area contributed by atoms with Crippen molar-refractivity contribution >= 4 is 23.6 Å². The van der Waals surface area contributed by atoms with E-state index >= 15 is 0 Å². The van der Waals surface area contributed by atoms with Crippen LogP contribution in [0.1, 0.15) is 31.2 Å². The van der Waals surface area contributed by atoms with Crippen molar-refractivity contribution in [3.05, 3.63) is 54.1 Å². The Morgan fingerprint density at radius 1 is 1.24 bits per heavy atom. The van der Waals surface area contributed by atoms with Crippen LogP contribution in [0.5, 0.6) is 11.5 Å². The molecule has 3 N–H and O–H groups in total. The number of aliphatic hydroxyl groups excluding tert-OH is 1. The van der Waals surface area contributed by atoms with Gasteiger partial charge in [0.15, 0.2) is 0 Å². The molecule has 0 radical (unpaired) electrons. The Hall–Kier alpha value is -2.71. The van der Waals surface area contributed by atoms with E-state index in [0.717, 1.165) is 5.56 Å². The van der Waals surface area contributed by atoms with Crippen LogP contribution in [0.3, 0.4) is 0 Å². The Labute approximate surface area is 199 Å². The Kier molecular flexibility index (Phi) is 9.03. The van der Waals surface area contributed by atoms with Crippen LogP contribution < -0.4 is 20.1 Å². The van der Waals surface area contributed by atoms with Crippen LogP contribution in [-0.4, -0.2) is 55.1 Å². The molecular formula is C25H32N2O5S. The van der Waals surface area contributed by atoms with Gasteiger partial charge < -0.3 is 25.2 Å². The monoisotopic (exact) mass is 472 g/mol. The molecule has 2 atom stereocenters. The summed E-state index contributed by atoms with van der Waals surface area (Å²) in [6.07, 6.45) is 3.89. The summed E-state index contributed by atoms with van der Waals surface area (Å²) in [5.74, 6) is 1.13. The first kappa shape index (κ1) is 24.9. The van der Waals surface area contributed by atoms with Crippen LogP contribution >= 0.6 is 11.8 Å². The van der Waals surface area contributed by atoms with Gasteiger partial charge >= 0.3 is 0 Å². The van der Waals surface area contributed by atoms with E-state index < -0.39 is 11.6 Å². The van der Waals surface area contributed by atoms with Gasteiger partial charge in [-0.05, 0) is 55.3 Å². The smallest absolute Gasteiger partial charge is 0.220 e. The number of carbonyl (C=O) groups excluding carboxylic acids is 2. The first-order chi connectivity index (χ1) is 15.9. The molecule has 33 heavy (non-hydrogen) atoms. The molecule has 3 rings (SSSR count). The molecule has 0 unspecified atom stereocenters. The number of ether oxygens (including phenoxy) is 2. The van der Waals surface area contributed by atoms with Crippen molar-refractivity contribution in [2.24, 2.45) is 0 Å². The van der Waals surface area contributed by atoms with Crippen LogP contribution in [0.4, 0.5) is 0 Å². The Balaban J connectivity index is 1.45. The van der Waals surface area contributed by atoms with Gasteiger partial charge in [-0.2, -0.15) is 0 Å². The first-order valence-electron chi connectivity index (χ1n) is 11.1. The van der Waals surface area contributed by atoms with Gasteiger partial charge in [0.25, 0.3) is 0 Å². The van der Waals surface area contributed by atoms with Gasteiger partial charge in [-0.25, -0.2) is 0 Å². The van der Waals surface area contributed by atoms with Crippen LogP contribution in [-0.2, 0) is 16.0 Å². The maximum absolute atomic E-state index is 12.4. The molecule has 0 aromatic heterocycles. The highest BCUT2D eigenvalue weighted by molar-refractivity contribution is 7.98. The normalized spacial score (nSPS) is 18.5. The van der Waals surface area contributed by atoms with Crippen LogP contribution in [0.25, 0.3) is 0 Å². The minimum atomic E-state index is -0.838. The van der Waals surface area contributed by atoms with E-state index in [1.165, 1.54) is 4.90 Å². The highest BCUT2D eigenvalue weighted by atomic mass is 32.2. The lowest BCUT2D eigenvalue weighted by Crippen LogP contribution is -2.45. The molecule has 0 spiro atoms. The molecule has 2 aromatic carbocycles. The highest BCUT2D eigenvalue weighted by Crippen LogP contribution is 2.30.